The van der Waals surface area contributed by atoms with Crippen molar-refractivity contribution < 1.29 is 27.1 Å². The van der Waals surface area contributed by atoms with Crippen molar-refractivity contribution in [1.82, 2.24) is 0 Å². The summed E-state index contributed by atoms with van der Waals surface area (Å²) < 4.78 is 56.5. The molecule has 0 saturated heterocycles. The van der Waals surface area contributed by atoms with Crippen molar-refractivity contribution in [3.8, 4) is 5.75 Å². The summed E-state index contributed by atoms with van der Waals surface area (Å²) in [4.78, 5) is 11.9. The number of halogens is 4. The van der Waals surface area contributed by atoms with Crippen LogP contribution in [-0.4, -0.2) is 12.0 Å². The van der Waals surface area contributed by atoms with Crippen molar-refractivity contribution in [2.45, 2.75) is 19.2 Å². The number of amides is 1. The van der Waals surface area contributed by atoms with Crippen LogP contribution in [0.1, 0.15) is 12.5 Å². The van der Waals surface area contributed by atoms with E-state index in [1.54, 1.807) is 0 Å². The van der Waals surface area contributed by atoms with Gasteiger partial charge in [0, 0.05) is 5.69 Å². The van der Waals surface area contributed by atoms with Gasteiger partial charge in [0.15, 0.2) is 17.7 Å². The summed E-state index contributed by atoms with van der Waals surface area (Å²) in [6, 6.07) is 9.74. The smallest absolute Gasteiger partial charge is 0.416 e. The molecule has 122 valence electrons. The molecule has 0 aliphatic carbocycles. The molecule has 3 nitrogen and oxygen atoms in total. The highest BCUT2D eigenvalue weighted by molar-refractivity contribution is 5.94. The van der Waals surface area contributed by atoms with Gasteiger partial charge in [-0.1, -0.05) is 18.2 Å². The predicted molar refractivity (Wildman–Crippen MR) is 76.6 cm³/mol. The molecule has 2 aromatic rings. The molecule has 2 aromatic carbocycles. The fourth-order valence-corrected chi connectivity index (χ4v) is 1.80. The average Bonchev–Trinajstić information content (AvgIpc) is 2.49. The lowest BCUT2D eigenvalue weighted by atomic mass is 10.2. The predicted octanol–water partition coefficient (Wildman–Crippen LogP) is 4.25. The number of hydrogen-bond acceptors (Lipinski definition) is 2. The Kier molecular flexibility index (Phi) is 4.88. The van der Waals surface area contributed by atoms with Crippen LogP contribution in [0.15, 0.2) is 48.5 Å². The number of rotatable bonds is 4. The summed E-state index contributed by atoms with van der Waals surface area (Å²) in [7, 11) is 0. The van der Waals surface area contributed by atoms with Crippen LogP contribution in [0.2, 0.25) is 0 Å². The quantitative estimate of drug-likeness (QED) is 0.853. The Balaban J connectivity index is 2.06. The molecule has 1 atom stereocenters. The van der Waals surface area contributed by atoms with Gasteiger partial charge in [-0.05, 0) is 37.3 Å². The second kappa shape index (κ2) is 6.68. The van der Waals surface area contributed by atoms with E-state index in [0.29, 0.717) is 0 Å². The zero-order valence-electron chi connectivity index (χ0n) is 12.0. The molecule has 0 spiro atoms. The summed E-state index contributed by atoms with van der Waals surface area (Å²) in [5.74, 6) is -1.43. The second-order valence-corrected chi connectivity index (χ2v) is 4.76. The summed E-state index contributed by atoms with van der Waals surface area (Å²) in [6.07, 6.45) is -5.59. The van der Waals surface area contributed by atoms with Crippen LogP contribution in [0, 0.1) is 5.82 Å². The van der Waals surface area contributed by atoms with Crippen molar-refractivity contribution in [3.05, 3.63) is 59.9 Å². The van der Waals surface area contributed by atoms with Gasteiger partial charge in [-0.2, -0.15) is 13.2 Å². The standard InChI is InChI=1S/C16H13F4NO2/c1-10(23-14-8-3-2-7-13(14)17)15(22)21-12-6-4-5-11(9-12)16(18,19)20/h2-10H,1H3,(H,21,22). The minimum atomic E-state index is -4.50. The zero-order valence-corrected chi connectivity index (χ0v) is 12.0. The number of hydrogen-bond donors (Lipinski definition) is 1. The van der Waals surface area contributed by atoms with Gasteiger partial charge >= 0.3 is 6.18 Å². The van der Waals surface area contributed by atoms with Gasteiger partial charge < -0.3 is 10.1 Å². The Morgan fingerprint density at radius 2 is 1.83 bits per heavy atom. The number of alkyl halides is 3. The van der Waals surface area contributed by atoms with Crippen LogP contribution in [0.25, 0.3) is 0 Å². The van der Waals surface area contributed by atoms with Gasteiger partial charge in [-0.3, -0.25) is 4.79 Å². The number of benzene rings is 2. The average molecular weight is 327 g/mol. The summed E-state index contributed by atoms with van der Waals surface area (Å²) >= 11 is 0. The van der Waals surface area contributed by atoms with E-state index in [-0.39, 0.29) is 11.4 Å². The van der Waals surface area contributed by atoms with Crippen LogP contribution >= 0.6 is 0 Å². The van der Waals surface area contributed by atoms with E-state index in [9.17, 15) is 22.4 Å². The molecule has 0 heterocycles. The first-order valence-corrected chi connectivity index (χ1v) is 6.66. The Labute approximate surface area is 129 Å². The van der Waals surface area contributed by atoms with Crippen molar-refractivity contribution in [2.75, 3.05) is 5.32 Å². The van der Waals surface area contributed by atoms with Crippen LogP contribution in [-0.2, 0) is 11.0 Å². The third kappa shape index (κ3) is 4.45. The highest BCUT2D eigenvalue weighted by Gasteiger charge is 2.30. The molecule has 0 radical (unpaired) electrons. The molecule has 23 heavy (non-hydrogen) atoms. The van der Waals surface area contributed by atoms with Crippen LogP contribution in [0.5, 0.6) is 5.75 Å². The highest BCUT2D eigenvalue weighted by Crippen LogP contribution is 2.30. The Hall–Kier alpha value is -2.57. The fraction of sp³-hybridized carbons (Fsp3) is 0.188. The van der Waals surface area contributed by atoms with Gasteiger partial charge in [0.25, 0.3) is 5.91 Å². The van der Waals surface area contributed by atoms with E-state index >= 15 is 0 Å². The topological polar surface area (TPSA) is 38.3 Å². The van der Waals surface area contributed by atoms with E-state index in [0.717, 1.165) is 12.1 Å². The third-order valence-corrected chi connectivity index (χ3v) is 2.97. The minimum absolute atomic E-state index is 0.0196. The highest BCUT2D eigenvalue weighted by atomic mass is 19.4. The number of nitrogens with one attached hydrogen (secondary N) is 1. The number of carbonyl (C=O) groups excluding carboxylic acids is 1. The molecule has 0 saturated carbocycles. The normalized spacial score (nSPS) is 12.6. The van der Waals surface area contributed by atoms with E-state index in [1.165, 1.54) is 43.3 Å². The second-order valence-electron chi connectivity index (χ2n) is 4.76. The van der Waals surface area contributed by atoms with Gasteiger partial charge in [0.2, 0.25) is 0 Å². The van der Waals surface area contributed by atoms with Crippen LogP contribution in [0.4, 0.5) is 23.2 Å². The molecule has 2 rings (SSSR count). The molecule has 0 bridgehead atoms. The largest absolute Gasteiger partial charge is 0.478 e. The van der Waals surface area contributed by atoms with E-state index in [2.05, 4.69) is 5.32 Å². The molecular formula is C16H13F4NO2. The maximum atomic E-state index is 13.4. The molecule has 0 aliphatic heterocycles. The first kappa shape index (κ1) is 16.8. The molecule has 1 amide bonds. The van der Waals surface area contributed by atoms with E-state index < -0.39 is 29.6 Å². The Bertz CT molecular complexity index is 700. The molecule has 0 aromatic heterocycles. The fourth-order valence-electron chi connectivity index (χ4n) is 1.80. The van der Waals surface area contributed by atoms with Crippen molar-refractivity contribution in [1.29, 1.82) is 0 Å². The van der Waals surface area contributed by atoms with E-state index in [1.807, 2.05) is 0 Å². The molecule has 0 fully saturated rings. The first-order chi connectivity index (χ1) is 10.8. The Morgan fingerprint density at radius 1 is 1.13 bits per heavy atom. The monoisotopic (exact) mass is 327 g/mol. The lowest BCUT2D eigenvalue weighted by Gasteiger charge is -2.16. The maximum Gasteiger partial charge on any atom is 0.416 e. The van der Waals surface area contributed by atoms with Gasteiger partial charge in [-0.15, -0.1) is 0 Å². The third-order valence-electron chi connectivity index (χ3n) is 2.97. The molecule has 7 heteroatoms. The minimum Gasteiger partial charge on any atom is -0.478 e. The number of anilines is 1. The van der Waals surface area contributed by atoms with Gasteiger partial charge in [0.05, 0.1) is 5.56 Å². The summed E-state index contributed by atoms with van der Waals surface area (Å²) in [5.41, 5.74) is -0.896. The molecular weight excluding hydrogens is 314 g/mol. The number of para-hydroxylation sites is 1. The zero-order chi connectivity index (χ0) is 17.0. The lowest BCUT2D eigenvalue weighted by Crippen LogP contribution is -2.30. The number of carbonyl (C=O) groups is 1. The Morgan fingerprint density at radius 3 is 2.48 bits per heavy atom. The summed E-state index contributed by atoms with van der Waals surface area (Å²) in [5, 5.41) is 2.31. The molecule has 1 N–H and O–H groups in total. The SMILES string of the molecule is CC(Oc1ccccc1F)C(=O)Nc1cccc(C(F)(F)F)c1. The lowest BCUT2D eigenvalue weighted by molar-refractivity contribution is -0.137. The van der Waals surface area contributed by atoms with Gasteiger partial charge in [-0.25, -0.2) is 4.39 Å². The van der Waals surface area contributed by atoms with Gasteiger partial charge in [0.1, 0.15) is 0 Å². The van der Waals surface area contributed by atoms with E-state index in [4.69, 9.17) is 4.74 Å². The van der Waals surface area contributed by atoms with Crippen LogP contribution < -0.4 is 10.1 Å². The first-order valence-electron chi connectivity index (χ1n) is 6.66. The van der Waals surface area contributed by atoms with Crippen molar-refractivity contribution >= 4 is 11.6 Å². The van der Waals surface area contributed by atoms with Crippen LogP contribution in [0.3, 0.4) is 0 Å². The van der Waals surface area contributed by atoms with Crippen molar-refractivity contribution in [2.24, 2.45) is 0 Å². The molecule has 1 unspecified atom stereocenters. The number of ether oxygens (including phenoxy) is 1. The van der Waals surface area contributed by atoms with Crippen molar-refractivity contribution in [3.63, 3.8) is 0 Å². The maximum absolute atomic E-state index is 13.4. The summed E-state index contributed by atoms with van der Waals surface area (Å²) in [6.45, 7) is 1.37. The molecule has 0 aliphatic rings.